The fourth-order valence-electron chi connectivity index (χ4n) is 2.01. The second-order valence-electron chi connectivity index (χ2n) is 3.89. The predicted molar refractivity (Wildman–Crippen MR) is 54.0 cm³/mol. The molecule has 0 bridgehead atoms. The quantitative estimate of drug-likeness (QED) is 0.698. The topological polar surface area (TPSA) is 69.6 Å². The first-order chi connectivity index (χ1) is 7.58. The van der Waals surface area contributed by atoms with Crippen LogP contribution in [-0.4, -0.2) is 22.4 Å². The summed E-state index contributed by atoms with van der Waals surface area (Å²) in [5.74, 6) is -2.01. The van der Waals surface area contributed by atoms with E-state index in [0.29, 0.717) is 5.56 Å². The number of hydrogen-bond donors (Lipinski definition) is 3. The maximum Gasteiger partial charge on any atom is 0.308 e. The van der Waals surface area contributed by atoms with E-state index in [9.17, 15) is 14.3 Å². The van der Waals surface area contributed by atoms with E-state index in [4.69, 9.17) is 5.11 Å². The van der Waals surface area contributed by atoms with E-state index in [-0.39, 0.29) is 12.2 Å². The molecule has 2 unspecified atom stereocenters. The number of carboxylic acid groups (broad SMARTS) is 1. The molecule has 4 nitrogen and oxygen atoms in total. The van der Waals surface area contributed by atoms with Crippen LogP contribution in [0.2, 0.25) is 0 Å². The van der Waals surface area contributed by atoms with Gasteiger partial charge in [-0.2, -0.15) is 0 Å². The lowest BCUT2D eigenvalue weighted by Gasteiger charge is -2.16. The fraction of sp³-hybridized carbons (Fsp3) is 0.364. The number of aliphatic carboxylic acids is 1. The summed E-state index contributed by atoms with van der Waals surface area (Å²) in [5, 5.41) is 21.2. The van der Waals surface area contributed by atoms with Crippen molar-refractivity contribution in [2.24, 2.45) is 5.92 Å². The van der Waals surface area contributed by atoms with Crippen molar-refractivity contribution in [1.29, 1.82) is 0 Å². The standard InChI is InChI=1S/C11H12FNO3/c12-7-3-1-6(2-4-7)10-8(11(15)16)5-9(14)13-10/h1-4,8-10,13-14H,5H2,(H,15,16)/t8-,9?,10?/m0/s1. The van der Waals surface area contributed by atoms with Crippen molar-refractivity contribution < 1.29 is 19.4 Å². The van der Waals surface area contributed by atoms with Crippen molar-refractivity contribution in [3.63, 3.8) is 0 Å². The summed E-state index contributed by atoms with van der Waals surface area (Å²) >= 11 is 0. The first kappa shape index (κ1) is 11.0. The monoisotopic (exact) mass is 225 g/mol. The molecule has 86 valence electrons. The number of halogens is 1. The Balaban J connectivity index is 2.25. The molecule has 0 aromatic heterocycles. The molecule has 3 N–H and O–H groups in total. The van der Waals surface area contributed by atoms with Crippen LogP contribution in [0.25, 0.3) is 0 Å². The summed E-state index contributed by atoms with van der Waals surface area (Å²) in [6.07, 6.45) is -0.659. The third kappa shape index (κ3) is 2.05. The third-order valence-corrected chi connectivity index (χ3v) is 2.80. The second kappa shape index (κ2) is 4.19. The lowest BCUT2D eigenvalue weighted by molar-refractivity contribution is -0.142. The van der Waals surface area contributed by atoms with Gasteiger partial charge in [0.1, 0.15) is 12.0 Å². The normalized spacial score (nSPS) is 29.2. The molecule has 0 spiro atoms. The van der Waals surface area contributed by atoms with Crippen LogP contribution in [0.1, 0.15) is 18.0 Å². The lowest BCUT2D eigenvalue weighted by Crippen LogP contribution is -2.26. The fourth-order valence-corrected chi connectivity index (χ4v) is 2.01. The van der Waals surface area contributed by atoms with Gasteiger partial charge in [0.15, 0.2) is 0 Å². The van der Waals surface area contributed by atoms with Crippen LogP contribution in [-0.2, 0) is 4.79 Å². The van der Waals surface area contributed by atoms with E-state index in [2.05, 4.69) is 5.32 Å². The van der Waals surface area contributed by atoms with E-state index < -0.39 is 24.2 Å². The molecule has 1 heterocycles. The molecular formula is C11H12FNO3. The van der Waals surface area contributed by atoms with Crippen LogP contribution in [0.15, 0.2) is 24.3 Å². The van der Waals surface area contributed by atoms with Crippen molar-refractivity contribution in [1.82, 2.24) is 5.32 Å². The van der Waals surface area contributed by atoms with Crippen LogP contribution in [0.4, 0.5) is 4.39 Å². The number of benzene rings is 1. The third-order valence-electron chi connectivity index (χ3n) is 2.80. The van der Waals surface area contributed by atoms with Crippen LogP contribution in [0.5, 0.6) is 0 Å². The van der Waals surface area contributed by atoms with Crippen molar-refractivity contribution >= 4 is 5.97 Å². The van der Waals surface area contributed by atoms with E-state index in [1.165, 1.54) is 24.3 Å². The summed E-state index contributed by atoms with van der Waals surface area (Å²) in [5.41, 5.74) is 0.672. The van der Waals surface area contributed by atoms with E-state index >= 15 is 0 Å². The molecule has 1 fully saturated rings. The molecule has 1 saturated heterocycles. The van der Waals surface area contributed by atoms with Crippen molar-refractivity contribution in [2.75, 3.05) is 0 Å². The summed E-state index contributed by atoms with van der Waals surface area (Å²) < 4.78 is 12.7. The summed E-state index contributed by atoms with van der Waals surface area (Å²) in [4.78, 5) is 11.0. The maximum atomic E-state index is 12.7. The van der Waals surface area contributed by atoms with Gasteiger partial charge < -0.3 is 10.2 Å². The Bertz CT molecular complexity index is 393. The maximum absolute atomic E-state index is 12.7. The molecular weight excluding hydrogens is 213 g/mol. The minimum Gasteiger partial charge on any atom is -0.481 e. The van der Waals surface area contributed by atoms with Crippen LogP contribution >= 0.6 is 0 Å². The molecule has 5 heteroatoms. The number of nitrogens with one attached hydrogen (secondary N) is 1. The number of carbonyl (C=O) groups is 1. The summed E-state index contributed by atoms with van der Waals surface area (Å²) in [7, 11) is 0. The SMILES string of the molecule is O=C(O)[C@H]1CC(O)NC1c1ccc(F)cc1. The van der Waals surface area contributed by atoms with Gasteiger partial charge in [-0.05, 0) is 17.7 Å². The van der Waals surface area contributed by atoms with Gasteiger partial charge in [0, 0.05) is 12.5 Å². The van der Waals surface area contributed by atoms with Gasteiger partial charge in [-0.1, -0.05) is 12.1 Å². The zero-order chi connectivity index (χ0) is 11.7. The second-order valence-corrected chi connectivity index (χ2v) is 3.89. The summed E-state index contributed by atoms with van der Waals surface area (Å²) in [6, 6.07) is 5.15. The Labute approximate surface area is 91.7 Å². The van der Waals surface area contributed by atoms with Gasteiger partial charge in [0.05, 0.1) is 5.92 Å². The van der Waals surface area contributed by atoms with Crippen LogP contribution in [0.3, 0.4) is 0 Å². The average Bonchev–Trinajstić information content (AvgIpc) is 2.61. The van der Waals surface area contributed by atoms with Gasteiger partial charge in [-0.3, -0.25) is 10.1 Å². The van der Waals surface area contributed by atoms with Gasteiger partial charge >= 0.3 is 5.97 Å². The highest BCUT2D eigenvalue weighted by atomic mass is 19.1. The van der Waals surface area contributed by atoms with E-state index in [1.807, 2.05) is 0 Å². The first-order valence-corrected chi connectivity index (χ1v) is 5.00. The van der Waals surface area contributed by atoms with Gasteiger partial charge in [-0.25, -0.2) is 4.39 Å². The van der Waals surface area contributed by atoms with E-state index in [0.717, 1.165) is 0 Å². The van der Waals surface area contributed by atoms with E-state index in [1.54, 1.807) is 0 Å². The van der Waals surface area contributed by atoms with Gasteiger partial charge in [0.25, 0.3) is 0 Å². The molecule has 0 amide bonds. The number of aliphatic hydroxyl groups excluding tert-OH is 1. The number of hydrogen-bond acceptors (Lipinski definition) is 3. The highest BCUT2D eigenvalue weighted by Crippen LogP contribution is 2.32. The zero-order valence-electron chi connectivity index (χ0n) is 8.43. The molecule has 1 aromatic rings. The lowest BCUT2D eigenvalue weighted by atomic mass is 9.94. The molecule has 16 heavy (non-hydrogen) atoms. The number of aliphatic hydroxyl groups is 1. The molecule has 0 radical (unpaired) electrons. The Hall–Kier alpha value is -1.46. The van der Waals surface area contributed by atoms with Gasteiger partial charge in [0.2, 0.25) is 0 Å². The zero-order valence-corrected chi connectivity index (χ0v) is 8.43. The first-order valence-electron chi connectivity index (χ1n) is 5.00. The molecule has 0 aliphatic carbocycles. The Morgan fingerprint density at radius 3 is 2.56 bits per heavy atom. The molecule has 3 atom stereocenters. The molecule has 0 saturated carbocycles. The van der Waals surface area contributed by atoms with Crippen molar-refractivity contribution in [3.8, 4) is 0 Å². The minimum absolute atomic E-state index is 0.164. The smallest absolute Gasteiger partial charge is 0.308 e. The highest BCUT2D eigenvalue weighted by molar-refractivity contribution is 5.71. The molecule has 1 aliphatic rings. The minimum atomic E-state index is -0.960. The average molecular weight is 225 g/mol. The number of carboxylic acids is 1. The Kier molecular flexibility index (Phi) is 2.89. The Morgan fingerprint density at radius 2 is 2.00 bits per heavy atom. The Morgan fingerprint density at radius 1 is 1.38 bits per heavy atom. The van der Waals surface area contributed by atoms with Crippen molar-refractivity contribution in [2.45, 2.75) is 18.7 Å². The predicted octanol–water partition coefficient (Wildman–Crippen LogP) is 0.879. The molecule has 2 rings (SSSR count). The highest BCUT2D eigenvalue weighted by Gasteiger charge is 2.38. The van der Waals surface area contributed by atoms with Gasteiger partial charge in [-0.15, -0.1) is 0 Å². The van der Waals surface area contributed by atoms with Crippen LogP contribution < -0.4 is 5.32 Å². The molecule has 1 aromatic carbocycles. The van der Waals surface area contributed by atoms with Crippen molar-refractivity contribution in [3.05, 3.63) is 35.6 Å². The summed E-state index contributed by atoms with van der Waals surface area (Å²) in [6.45, 7) is 0. The largest absolute Gasteiger partial charge is 0.481 e. The molecule has 1 aliphatic heterocycles. The van der Waals surface area contributed by atoms with Crippen LogP contribution in [0, 0.1) is 11.7 Å². The number of rotatable bonds is 2.